The van der Waals surface area contributed by atoms with E-state index in [0.29, 0.717) is 6.42 Å². The molecule has 0 bridgehead atoms. The number of halogens is 2. The molecule has 0 spiro atoms. The number of nitrogens with one attached hydrogen (secondary N) is 2. The SMILES string of the molecule is CC1(CNC(=O)C(C)(C)Cc2cccc(Cl)c2)CCNCC1.Cl. The Morgan fingerprint density at radius 1 is 1.35 bits per heavy atom. The molecular weight excluding hydrogens is 331 g/mol. The number of hydrogen-bond acceptors (Lipinski definition) is 2. The quantitative estimate of drug-likeness (QED) is 0.839. The standard InChI is InChI=1S/C18H27ClN2O.ClH/c1-17(2,12-14-5-4-6-15(19)11-14)16(22)21-13-18(3)7-9-20-10-8-18;/h4-6,11,20H,7-10,12-13H2,1-3H3,(H,21,22);1H. The van der Waals surface area contributed by atoms with Crippen molar-refractivity contribution in [2.24, 2.45) is 10.8 Å². The molecule has 0 radical (unpaired) electrons. The number of piperidine rings is 1. The normalized spacial score (nSPS) is 17.2. The molecular formula is C18H28Cl2N2O. The van der Waals surface area contributed by atoms with Gasteiger partial charge in [0.2, 0.25) is 5.91 Å². The van der Waals surface area contributed by atoms with Gasteiger partial charge in [-0.05, 0) is 55.5 Å². The first-order valence-electron chi connectivity index (χ1n) is 8.04. The molecule has 0 atom stereocenters. The van der Waals surface area contributed by atoms with E-state index in [-0.39, 0.29) is 23.7 Å². The Bertz CT molecular complexity index is 526. The average Bonchev–Trinajstić information content (AvgIpc) is 2.45. The van der Waals surface area contributed by atoms with Crippen molar-refractivity contribution < 1.29 is 4.79 Å². The van der Waals surface area contributed by atoms with E-state index in [4.69, 9.17) is 11.6 Å². The van der Waals surface area contributed by atoms with Gasteiger partial charge in [-0.25, -0.2) is 0 Å². The Morgan fingerprint density at radius 2 is 2.00 bits per heavy atom. The molecule has 2 rings (SSSR count). The summed E-state index contributed by atoms with van der Waals surface area (Å²) < 4.78 is 0. The molecule has 1 aromatic carbocycles. The van der Waals surface area contributed by atoms with Crippen LogP contribution in [0.5, 0.6) is 0 Å². The van der Waals surface area contributed by atoms with Crippen LogP contribution in [-0.4, -0.2) is 25.5 Å². The predicted octanol–water partition coefficient (Wildman–Crippen LogP) is 3.84. The monoisotopic (exact) mass is 358 g/mol. The molecule has 3 nitrogen and oxygen atoms in total. The van der Waals surface area contributed by atoms with Crippen molar-refractivity contribution in [2.75, 3.05) is 19.6 Å². The van der Waals surface area contributed by atoms with E-state index in [1.54, 1.807) is 0 Å². The van der Waals surface area contributed by atoms with Gasteiger partial charge in [-0.2, -0.15) is 0 Å². The topological polar surface area (TPSA) is 41.1 Å². The maximum absolute atomic E-state index is 12.6. The molecule has 0 saturated carbocycles. The summed E-state index contributed by atoms with van der Waals surface area (Å²) in [7, 11) is 0. The fraction of sp³-hybridized carbons (Fsp3) is 0.611. The third-order valence-electron chi connectivity index (χ3n) is 4.64. The molecule has 2 N–H and O–H groups in total. The fourth-order valence-corrected chi connectivity index (χ4v) is 3.19. The maximum atomic E-state index is 12.6. The molecule has 5 heteroatoms. The van der Waals surface area contributed by atoms with Crippen molar-refractivity contribution >= 4 is 29.9 Å². The molecule has 1 fully saturated rings. The van der Waals surface area contributed by atoms with Gasteiger partial charge in [-0.3, -0.25) is 4.79 Å². The van der Waals surface area contributed by atoms with Crippen LogP contribution in [0.25, 0.3) is 0 Å². The third-order valence-corrected chi connectivity index (χ3v) is 4.87. The number of carbonyl (C=O) groups is 1. The molecule has 23 heavy (non-hydrogen) atoms. The minimum absolute atomic E-state index is 0. The second kappa shape index (κ2) is 8.36. The van der Waals surface area contributed by atoms with Crippen LogP contribution in [0.1, 0.15) is 39.2 Å². The Balaban J connectivity index is 0.00000264. The van der Waals surface area contributed by atoms with Gasteiger partial charge in [0, 0.05) is 17.0 Å². The van der Waals surface area contributed by atoms with Crippen molar-refractivity contribution in [1.82, 2.24) is 10.6 Å². The summed E-state index contributed by atoms with van der Waals surface area (Å²) in [6, 6.07) is 7.75. The molecule has 1 aromatic rings. The van der Waals surface area contributed by atoms with Crippen molar-refractivity contribution in [1.29, 1.82) is 0 Å². The van der Waals surface area contributed by atoms with Gasteiger partial charge >= 0.3 is 0 Å². The van der Waals surface area contributed by atoms with Gasteiger partial charge in [0.05, 0.1) is 0 Å². The lowest BCUT2D eigenvalue weighted by Gasteiger charge is -2.35. The van der Waals surface area contributed by atoms with Crippen LogP contribution >= 0.6 is 24.0 Å². The van der Waals surface area contributed by atoms with Crippen LogP contribution in [-0.2, 0) is 11.2 Å². The van der Waals surface area contributed by atoms with Gasteiger partial charge in [-0.1, -0.05) is 44.5 Å². The summed E-state index contributed by atoms with van der Waals surface area (Å²) in [5.41, 5.74) is 0.877. The van der Waals surface area contributed by atoms with Gasteiger partial charge in [0.15, 0.2) is 0 Å². The second-order valence-electron chi connectivity index (χ2n) is 7.43. The van der Waals surface area contributed by atoms with E-state index < -0.39 is 5.41 Å². The van der Waals surface area contributed by atoms with E-state index in [1.165, 1.54) is 0 Å². The van der Waals surface area contributed by atoms with E-state index in [2.05, 4.69) is 17.6 Å². The van der Waals surface area contributed by atoms with Crippen LogP contribution in [0.3, 0.4) is 0 Å². The van der Waals surface area contributed by atoms with E-state index >= 15 is 0 Å². The van der Waals surface area contributed by atoms with Crippen molar-refractivity contribution in [2.45, 2.75) is 40.0 Å². The number of carbonyl (C=O) groups excluding carboxylic acids is 1. The number of benzene rings is 1. The highest BCUT2D eigenvalue weighted by atomic mass is 35.5. The molecule has 0 aromatic heterocycles. The fourth-order valence-electron chi connectivity index (χ4n) is 2.98. The van der Waals surface area contributed by atoms with Gasteiger partial charge in [-0.15, -0.1) is 12.4 Å². The third kappa shape index (κ3) is 5.98. The first-order valence-corrected chi connectivity index (χ1v) is 8.42. The van der Waals surface area contributed by atoms with Crippen LogP contribution in [0, 0.1) is 10.8 Å². The summed E-state index contributed by atoms with van der Waals surface area (Å²) in [5.74, 6) is 0.118. The van der Waals surface area contributed by atoms with Crippen molar-refractivity contribution in [3.8, 4) is 0 Å². The lowest BCUT2D eigenvalue weighted by molar-refractivity contribution is -0.129. The molecule has 1 aliphatic rings. The highest BCUT2D eigenvalue weighted by molar-refractivity contribution is 6.30. The number of amides is 1. The minimum atomic E-state index is -0.437. The zero-order chi connectivity index (χ0) is 16.2. The maximum Gasteiger partial charge on any atom is 0.226 e. The largest absolute Gasteiger partial charge is 0.355 e. The summed E-state index contributed by atoms with van der Waals surface area (Å²) in [5, 5.41) is 7.26. The molecule has 130 valence electrons. The lowest BCUT2D eigenvalue weighted by Crippen LogP contribution is -2.46. The Kier molecular flexibility index (Phi) is 7.37. The molecule has 0 unspecified atom stereocenters. The first-order chi connectivity index (χ1) is 10.3. The first kappa shape index (κ1) is 20.3. The zero-order valence-corrected chi connectivity index (χ0v) is 15.8. The highest BCUT2D eigenvalue weighted by Crippen LogP contribution is 2.28. The Labute approximate surface area is 151 Å². The molecule has 1 amide bonds. The summed E-state index contributed by atoms with van der Waals surface area (Å²) in [6.07, 6.45) is 2.92. The highest BCUT2D eigenvalue weighted by Gasteiger charge is 2.31. The van der Waals surface area contributed by atoms with Crippen LogP contribution in [0.2, 0.25) is 5.02 Å². The predicted molar refractivity (Wildman–Crippen MR) is 99.4 cm³/mol. The zero-order valence-electron chi connectivity index (χ0n) is 14.2. The molecule has 1 aliphatic heterocycles. The smallest absolute Gasteiger partial charge is 0.226 e. The van der Waals surface area contributed by atoms with Crippen LogP contribution in [0.15, 0.2) is 24.3 Å². The average molecular weight is 359 g/mol. The van der Waals surface area contributed by atoms with Gasteiger partial charge < -0.3 is 10.6 Å². The van der Waals surface area contributed by atoms with E-state index in [1.807, 2.05) is 38.1 Å². The Hall–Kier alpha value is -0.770. The molecule has 1 saturated heterocycles. The van der Waals surface area contributed by atoms with E-state index in [9.17, 15) is 4.79 Å². The van der Waals surface area contributed by atoms with Crippen LogP contribution in [0.4, 0.5) is 0 Å². The summed E-state index contributed by atoms with van der Waals surface area (Å²) in [4.78, 5) is 12.6. The minimum Gasteiger partial charge on any atom is -0.355 e. The van der Waals surface area contributed by atoms with Crippen molar-refractivity contribution in [3.05, 3.63) is 34.9 Å². The van der Waals surface area contributed by atoms with Gasteiger partial charge in [0.25, 0.3) is 0 Å². The van der Waals surface area contributed by atoms with E-state index in [0.717, 1.165) is 43.1 Å². The second-order valence-corrected chi connectivity index (χ2v) is 7.87. The van der Waals surface area contributed by atoms with Crippen LogP contribution < -0.4 is 10.6 Å². The van der Waals surface area contributed by atoms with Crippen molar-refractivity contribution in [3.63, 3.8) is 0 Å². The number of rotatable bonds is 5. The van der Waals surface area contributed by atoms with Gasteiger partial charge in [0.1, 0.15) is 0 Å². The lowest BCUT2D eigenvalue weighted by atomic mass is 9.80. The molecule has 1 heterocycles. The summed E-state index contributed by atoms with van der Waals surface area (Å²) >= 11 is 6.03. The molecule has 0 aliphatic carbocycles. The number of hydrogen-bond donors (Lipinski definition) is 2. The Morgan fingerprint density at radius 3 is 2.61 bits per heavy atom. The summed E-state index contributed by atoms with van der Waals surface area (Å²) in [6.45, 7) is 9.09.